The van der Waals surface area contributed by atoms with Crippen molar-refractivity contribution in [2.45, 2.75) is 6.54 Å². The Hall–Kier alpha value is -2.83. The number of benzene rings is 3. The second kappa shape index (κ2) is 8.68. The number of nitrogens with zero attached hydrogens (tertiary/aromatic N) is 2. The highest BCUT2D eigenvalue weighted by atomic mass is 79.9. The second-order valence-electron chi connectivity index (χ2n) is 6.43. The SMILES string of the molecule is O=C1C(=Cc2ccc(O)c(Br)c2)SC(=Nc2ccccc2)N1Cc1ccccc1. The number of hydrogen-bond donors (Lipinski definition) is 1. The van der Waals surface area contributed by atoms with Crippen LogP contribution in [0.3, 0.4) is 0 Å². The molecule has 1 N–H and O–H groups in total. The summed E-state index contributed by atoms with van der Waals surface area (Å²) in [4.78, 5) is 20.2. The van der Waals surface area contributed by atoms with Gasteiger partial charge in [0, 0.05) is 0 Å². The summed E-state index contributed by atoms with van der Waals surface area (Å²) in [6.45, 7) is 0.453. The Morgan fingerprint density at radius 3 is 2.38 bits per heavy atom. The topological polar surface area (TPSA) is 52.9 Å². The zero-order valence-corrected chi connectivity index (χ0v) is 17.7. The number of thioether (sulfide) groups is 1. The van der Waals surface area contributed by atoms with Gasteiger partial charge in [0.05, 0.1) is 21.6 Å². The third-order valence-electron chi connectivity index (χ3n) is 4.32. The average molecular weight is 465 g/mol. The minimum absolute atomic E-state index is 0.0854. The molecule has 1 heterocycles. The van der Waals surface area contributed by atoms with Gasteiger partial charge in [0.1, 0.15) is 5.75 Å². The molecular weight excluding hydrogens is 448 g/mol. The number of amides is 1. The number of phenols is 1. The fraction of sp³-hybridized carbons (Fsp3) is 0.0435. The van der Waals surface area contributed by atoms with Crippen LogP contribution in [0.2, 0.25) is 0 Å². The predicted molar refractivity (Wildman–Crippen MR) is 122 cm³/mol. The van der Waals surface area contributed by atoms with Crippen molar-refractivity contribution in [3.05, 3.63) is 99.4 Å². The molecule has 0 atom stereocenters. The van der Waals surface area contributed by atoms with E-state index in [0.29, 0.717) is 21.1 Å². The largest absolute Gasteiger partial charge is 0.507 e. The van der Waals surface area contributed by atoms with Crippen LogP contribution in [0.4, 0.5) is 5.69 Å². The third-order valence-corrected chi connectivity index (χ3v) is 5.96. The van der Waals surface area contributed by atoms with Crippen LogP contribution >= 0.6 is 27.7 Å². The zero-order chi connectivity index (χ0) is 20.2. The van der Waals surface area contributed by atoms with Crippen molar-refractivity contribution in [2.24, 2.45) is 4.99 Å². The van der Waals surface area contributed by atoms with Crippen molar-refractivity contribution < 1.29 is 9.90 Å². The first-order chi connectivity index (χ1) is 14.1. The Morgan fingerprint density at radius 2 is 1.69 bits per heavy atom. The van der Waals surface area contributed by atoms with E-state index >= 15 is 0 Å². The highest BCUT2D eigenvalue weighted by Crippen LogP contribution is 2.36. The van der Waals surface area contributed by atoms with E-state index in [1.807, 2.05) is 66.7 Å². The number of carbonyl (C=O) groups is 1. The molecule has 4 nitrogen and oxygen atoms in total. The predicted octanol–water partition coefficient (Wildman–Crippen LogP) is 5.96. The van der Waals surface area contributed by atoms with Crippen LogP contribution in [0, 0.1) is 0 Å². The molecule has 4 rings (SSSR count). The van der Waals surface area contributed by atoms with E-state index in [1.54, 1.807) is 23.1 Å². The van der Waals surface area contributed by atoms with E-state index < -0.39 is 0 Å². The van der Waals surface area contributed by atoms with Crippen LogP contribution < -0.4 is 0 Å². The van der Waals surface area contributed by atoms with E-state index in [2.05, 4.69) is 15.9 Å². The Morgan fingerprint density at radius 1 is 1.00 bits per heavy atom. The van der Waals surface area contributed by atoms with E-state index in [9.17, 15) is 9.90 Å². The normalized spacial score (nSPS) is 16.7. The molecule has 144 valence electrons. The molecule has 29 heavy (non-hydrogen) atoms. The van der Waals surface area contributed by atoms with Crippen LogP contribution in [0.5, 0.6) is 5.75 Å². The molecule has 1 saturated heterocycles. The van der Waals surface area contributed by atoms with Crippen LogP contribution in [0.1, 0.15) is 11.1 Å². The lowest BCUT2D eigenvalue weighted by Gasteiger charge is -2.15. The molecule has 3 aromatic carbocycles. The van der Waals surface area contributed by atoms with Crippen LogP contribution in [0.15, 0.2) is 93.2 Å². The number of aliphatic imine (C=N–C) groups is 1. The number of rotatable bonds is 4. The summed E-state index contributed by atoms with van der Waals surface area (Å²) in [6.07, 6.45) is 1.82. The molecule has 0 saturated carbocycles. The Balaban J connectivity index is 1.70. The minimum Gasteiger partial charge on any atom is -0.507 e. The molecule has 0 unspecified atom stereocenters. The first kappa shape index (κ1) is 19.5. The maximum atomic E-state index is 13.2. The molecule has 1 fully saturated rings. The standard InChI is InChI=1S/C23H17BrN2O2S/c24-19-13-17(11-12-20(19)27)14-21-22(28)26(15-16-7-3-1-4-8-16)23(29-21)25-18-9-5-2-6-10-18/h1-14,27H,15H2. The van der Waals surface area contributed by atoms with Crippen molar-refractivity contribution in [3.63, 3.8) is 0 Å². The van der Waals surface area contributed by atoms with Gasteiger partial charge in [-0.1, -0.05) is 54.6 Å². The third kappa shape index (κ3) is 4.60. The van der Waals surface area contributed by atoms with Gasteiger partial charge in [0.25, 0.3) is 5.91 Å². The summed E-state index contributed by atoms with van der Waals surface area (Å²) in [5.41, 5.74) is 2.66. The summed E-state index contributed by atoms with van der Waals surface area (Å²) in [5.74, 6) is 0.0762. The number of amidine groups is 1. The fourth-order valence-electron chi connectivity index (χ4n) is 2.87. The highest BCUT2D eigenvalue weighted by Gasteiger charge is 2.33. The van der Waals surface area contributed by atoms with Crippen LogP contribution in [-0.4, -0.2) is 21.1 Å². The lowest BCUT2D eigenvalue weighted by molar-refractivity contribution is -0.122. The Labute approximate surface area is 181 Å². The molecule has 0 radical (unpaired) electrons. The van der Waals surface area contributed by atoms with Gasteiger partial charge in [-0.3, -0.25) is 9.69 Å². The number of hydrogen-bond acceptors (Lipinski definition) is 4. The first-order valence-electron chi connectivity index (χ1n) is 8.98. The van der Waals surface area contributed by atoms with Crippen molar-refractivity contribution in [3.8, 4) is 5.75 Å². The summed E-state index contributed by atoms with van der Waals surface area (Å²) in [6, 6.07) is 24.6. The zero-order valence-electron chi connectivity index (χ0n) is 15.3. The summed E-state index contributed by atoms with van der Waals surface area (Å²) >= 11 is 4.67. The van der Waals surface area contributed by atoms with Gasteiger partial charge in [-0.15, -0.1) is 0 Å². The smallest absolute Gasteiger partial charge is 0.267 e. The molecule has 1 aliphatic rings. The molecule has 3 aromatic rings. The Kier molecular flexibility index (Phi) is 5.83. The molecule has 0 bridgehead atoms. The molecule has 1 amide bonds. The van der Waals surface area contributed by atoms with Gasteiger partial charge < -0.3 is 5.11 Å². The van der Waals surface area contributed by atoms with Crippen LogP contribution in [-0.2, 0) is 11.3 Å². The summed E-state index contributed by atoms with van der Waals surface area (Å²) < 4.78 is 0.585. The van der Waals surface area contributed by atoms with Gasteiger partial charge >= 0.3 is 0 Å². The number of carbonyl (C=O) groups excluding carboxylic acids is 1. The maximum Gasteiger partial charge on any atom is 0.267 e. The van der Waals surface area contributed by atoms with Crippen molar-refractivity contribution in [1.82, 2.24) is 4.90 Å². The molecule has 0 aromatic heterocycles. The second-order valence-corrected chi connectivity index (χ2v) is 8.29. The Bertz CT molecular complexity index is 1100. The molecular formula is C23H17BrN2O2S. The number of aromatic hydroxyl groups is 1. The van der Waals surface area contributed by atoms with E-state index in [0.717, 1.165) is 16.8 Å². The van der Waals surface area contributed by atoms with Crippen molar-refractivity contribution in [1.29, 1.82) is 0 Å². The lowest BCUT2D eigenvalue weighted by atomic mass is 10.2. The molecule has 0 aliphatic carbocycles. The van der Waals surface area contributed by atoms with Crippen LogP contribution in [0.25, 0.3) is 6.08 Å². The minimum atomic E-state index is -0.0854. The van der Waals surface area contributed by atoms with E-state index in [1.165, 1.54) is 11.8 Å². The molecule has 6 heteroatoms. The summed E-state index contributed by atoms with van der Waals surface area (Å²) in [7, 11) is 0. The van der Waals surface area contributed by atoms with Crippen molar-refractivity contribution >= 4 is 50.5 Å². The number of phenolic OH excluding ortho intramolecular Hbond substituents is 1. The molecule has 0 spiro atoms. The fourth-order valence-corrected chi connectivity index (χ4v) is 4.27. The molecule has 1 aliphatic heterocycles. The van der Waals surface area contributed by atoms with Crippen molar-refractivity contribution in [2.75, 3.05) is 0 Å². The number of halogens is 1. The highest BCUT2D eigenvalue weighted by molar-refractivity contribution is 9.10. The van der Waals surface area contributed by atoms with Gasteiger partial charge in [-0.05, 0) is 69.2 Å². The van der Waals surface area contributed by atoms with Gasteiger partial charge in [0.15, 0.2) is 5.17 Å². The monoisotopic (exact) mass is 464 g/mol. The quantitative estimate of drug-likeness (QED) is 0.484. The lowest BCUT2D eigenvalue weighted by Crippen LogP contribution is -2.28. The summed E-state index contributed by atoms with van der Waals surface area (Å²) in [5, 5.41) is 10.3. The average Bonchev–Trinajstić information content (AvgIpc) is 3.01. The van der Waals surface area contributed by atoms with E-state index in [-0.39, 0.29) is 11.7 Å². The van der Waals surface area contributed by atoms with Gasteiger partial charge in [-0.25, -0.2) is 4.99 Å². The first-order valence-corrected chi connectivity index (χ1v) is 10.6. The number of para-hydroxylation sites is 1. The maximum absolute atomic E-state index is 13.2. The van der Waals surface area contributed by atoms with E-state index in [4.69, 9.17) is 4.99 Å². The van der Waals surface area contributed by atoms with Gasteiger partial charge in [-0.2, -0.15) is 0 Å². The van der Waals surface area contributed by atoms with Gasteiger partial charge in [0.2, 0.25) is 0 Å².